The molecule has 1 unspecified atom stereocenters. The van der Waals surface area contributed by atoms with Crippen molar-refractivity contribution in [3.8, 4) is 0 Å². The van der Waals surface area contributed by atoms with Gasteiger partial charge >= 0.3 is 0 Å². The fourth-order valence-electron chi connectivity index (χ4n) is 3.67. The molecule has 6 nitrogen and oxygen atoms in total. The molecule has 3 rings (SSSR count). The molecule has 0 aliphatic carbocycles. The molecule has 0 N–H and O–H groups in total. The van der Waals surface area contributed by atoms with Gasteiger partial charge in [-0.1, -0.05) is 0 Å². The first kappa shape index (κ1) is 17.1. The Kier molecular flexibility index (Phi) is 5.33. The summed E-state index contributed by atoms with van der Waals surface area (Å²) in [4.78, 5) is 27.7. The Morgan fingerprint density at radius 3 is 2.67 bits per heavy atom. The highest BCUT2D eigenvalue weighted by Gasteiger charge is 2.25. The van der Waals surface area contributed by atoms with Crippen LogP contribution in [0.5, 0.6) is 0 Å². The Balaban J connectivity index is 1.72. The van der Waals surface area contributed by atoms with Gasteiger partial charge in [-0.3, -0.25) is 9.69 Å². The first-order valence-electron chi connectivity index (χ1n) is 9.06. The van der Waals surface area contributed by atoms with Gasteiger partial charge in [-0.25, -0.2) is 9.97 Å². The molecule has 1 aromatic heterocycles. The molecule has 24 heavy (non-hydrogen) atoms. The molecule has 1 aromatic rings. The van der Waals surface area contributed by atoms with Crippen molar-refractivity contribution in [1.82, 2.24) is 19.8 Å². The third-order valence-corrected chi connectivity index (χ3v) is 5.06. The lowest BCUT2D eigenvalue weighted by atomic mass is 9.94. The number of amides is 1. The zero-order valence-corrected chi connectivity index (χ0v) is 15.2. The van der Waals surface area contributed by atoms with Crippen molar-refractivity contribution in [1.29, 1.82) is 0 Å². The number of anilines is 1. The summed E-state index contributed by atoms with van der Waals surface area (Å²) in [5.74, 6) is 2.51. The maximum atomic E-state index is 12.0. The number of hydrogen-bond donors (Lipinski definition) is 0. The van der Waals surface area contributed by atoms with Crippen molar-refractivity contribution >= 4 is 11.7 Å². The van der Waals surface area contributed by atoms with E-state index in [0.29, 0.717) is 12.5 Å². The smallest absolute Gasteiger partial charge is 0.236 e. The van der Waals surface area contributed by atoms with Gasteiger partial charge in [0.15, 0.2) is 0 Å². The molecule has 1 atom stereocenters. The van der Waals surface area contributed by atoms with Crippen molar-refractivity contribution < 1.29 is 4.79 Å². The highest BCUT2D eigenvalue weighted by molar-refractivity contribution is 5.77. The fraction of sp³-hybridized carbons (Fsp3) is 0.722. The normalized spacial score (nSPS) is 22.0. The van der Waals surface area contributed by atoms with Crippen molar-refractivity contribution in [3.05, 3.63) is 17.6 Å². The summed E-state index contributed by atoms with van der Waals surface area (Å²) in [7, 11) is 3.64. The van der Waals surface area contributed by atoms with E-state index in [0.717, 1.165) is 56.4 Å². The van der Waals surface area contributed by atoms with Crippen LogP contribution < -0.4 is 4.90 Å². The van der Waals surface area contributed by atoms with Crippen LogP contribution in [0.15, 0.2) is 6.07 Å². The maximum absolute atomic E-state index is 12.0. The predicted octanol–water partition coefficient (Wildman–Crippen LogP) is 1.65. The number of nitrogens with zero attached hydrogens (tertiary/aromatic N) is 5. The Bertz CT molecular complexity index is 583. The number of hydrogen-bond acceptors (Lipinski definition) is 5. The molecule has 0 aromatic carbocycles. The first-order valence-corrected chi connectivity index (χ1v) is 9.06. The van der Waals surface area contributed by atoms with Gasteiger partial charge < -0.3 is 9.80 Å². The second-order valence-corrected chi connectivity index (χ2v) is 7.25. The highest BCUT2D eigenvalue weighted by atomic mass is 16.2. The maximum Gasteiger partial charge on any atom is 0.236 e. The molecular weight excluding hydrogens is 302 g/mol. The summed E-state index contributed by atoms with van der Waals surface area (Å²) in [6.45, 7) is 6.61. The number of likely N-dealkylation sites (tertiary alicyclic amines) is 1. The van der Waals surface area contributed by atoms with E-state index in [2.05, 4.69) is 20.9 Å². The molecule has 2 fully saturated rings. The topological polar surface area (TPSA) is 52.6 Å². The summed E-state index contributed by atoms with van der Waals surface area (Å²) in [5, 5.41) is 0. The molecule has 0 radical (unpaired) electrons. The number of piperidine rings is 1. The summed E-state index contributed by atoms with van der Waals surface area (Å²) in [6.07, 6.45) is 4.76. The minimum Gasteiger partial charge on any atom is -0.357 e. The Hall–Kier alpha value is -1.69. The number of carbonyl (C=O) groups is 1. The van der Waals surface area contributed by atoms with E-state index in [1.165, 1.54) is 12.8 Å². The van der Waals surface area contributed by atoms with E-state index < -0.39 is 0 Å². The molecule has 0 bridgehead atoms. The number of likely N-dealkylation sites (N-methyl/N-ethyl adjacent to an activating group) is 1. The Morgan fingerprint density at radius 2 is 1.96 bits per heavy atom. The summed E-state index contributed by atoms with van der Waals surface area (Å²) >= 11 is 0. The van der Waals surface area contributed by atoms with E-state index in [4.69, 9.17) is 4.98 Å². The number of aryl methyl sites for hydroxylation is 1. The minimum atomic E-state index is 0.173. The third-order valence-electron chi connectivity index (χ3n) is 5.06. The molecule has 6 heteroatoms. The van der Waals surface area contributed by atoms with Crippen molar-refractivity contribution in [2.45, 2.75) is 38.5 Å². The van der Waals surface area contributed by atoms with Crippen LogP contribution in [0, 0.1) is 6.92 Å². The second kappa shape index (κ2) is 7.47. The van der Waals surface area contributed by atoms with Gasteiger partial charge in [-0.05, 0) is 39.2 Å². The Labute approximate surface area is 144 Å². The van der Waals surface area contributed by atoms with Gasteiger partial charge in [0, 0.05) is 45.7 Å². The van der Waals surface area contributed by atoms with E-state index in [1.54, 1.807) is 4.90 Å². The lowest BCUT2D eigenvalue weighted by Crippen LogP contribution is -2.41. The minimum absolute atomic E-state index is 0.173. The molecule has 0 saturated carbocycles. The van der Waals surface area contributed by atoms with E-state index in [-0.39, 0.29) is 5.91 Å². The van der Waals surface area contributed by atoms with Gasteiger partial charge in [0.2, 0.25) is 5.91 Å². The van der Waals surface area contributed by atoms with Crippen LogP contribution >= 0.6 is 0 Å². The van der Waals surface area contributed by atoms with E-state index in [1.807, 2.05) is 21.0 Å². The summed E-state index contributed by atoms with van der Waals surface area (Å²) in [6, 6.07) is 2.18. The first-order chi connectivity index (χ1) is 11.5. The van der Waals surface area contributed by atoms with Crippen molar-refractivity contribution in [3.63, 3.8) is 0 Å². The third kappa shape index (κ3) is 4.04. The largest absolute Gasteiger partial charge is 0.357 e. The molecular formula is C18H29N5O. The number of carbonyl (C=O) groups excluding carboxylic acids is 1. The highest BCUT2D eigenvalue weighted by Crippen LogP contribution is 2.28. The summed E-state index contributed by atoms with van der Waals surface area (Å²) in [5.41, 5.74) is 1.14. The molecule has 2 aliphatic heterocycles. The van der Waals surface area contributed by atoms with Gasteiger partial charge in [0.05, 0.1) is 12.2 Å². The molecule has 1 amide bonds. The molecule has 132 valence electrons. The van der Waals surface area contributed by atoms with Crippen LogP contribution in [0.3, 0.4) is 0 Å². The zero-order chi connectivity index (χ0) is 17.1. The molecule has 2 saturated heterocycles. The van der Waals surface area contributed by atoms with Gasteiger partial charge in [0.1, 0.15) is 11.6 Å². The molecule has 2 aliphatic rings. The number of aromatic nitrogens is 2. The Morgan fingerprint density at radius 1 is 1.21 bits per heavy atom. The standard InChI is InChI=1S/C18H29N5O/c1-14-19-16(11-17(20-14)23-9-4-5-10-23)15-7-6-8-22(12-15)13-18(24)21(2)3/h11,15H,4-10,12-13H2,1-3H3. The van der Waals surface area contributed by atoms with E-state index in [9.17, 15) is 4.79 Å². The second-order valence-electron chi connectivity index (χ2n) is 7.25. The molecule has 3 heterocycles. The van der Waals surface area contributed by atoms with Crippen LogP contribution in [0.2, 0.25) is 0 Å². The van der Waals surface area contributed by atoms with Gasteiger partial charge in [-0.2, -0.15) is 0 Å². The van der Waals surface area contributed by atoms with Crippen molar-refractivity contribution in [2.75, 3.05) is 51.7 Å². The van der Waals surface area contributed by atoms with E-state index >= 15 is 0 Å². The predicted molar refractivity (Wildman–Crippen MR) is 95.3 cm³/mol. The lowest BCUT2D eigenvalue weighted by molar-refractivity contribution is -0.130. The lowest BCUT2D eigenvalue weighted by Gasteiger charge is -2.33. The number of rotatable bonds is 4. The quantitative estimate of drug-likeness (QED) is 0.840. The van der Waals surface area contributed by atoms with Gasteiger partial charge in [-0.15, -0.1) is 0 Å². The fourth-order valence-corrected chi connectivity index (χ4v) is 3.67. The van der Waals surface area contributed by atoms with Crippen LogP contribution in [0.4, 0.5) is 5.82 Å². The molecule has 0 spiro atoms. The van der Waals surface area contributed by atoms with Crippen LogP contribution in [0.25, 0.3) is 0 Å². The van der Waals surface area contributed by atoms with Crippen LogP contribution in [-0.4, -0.2) is 72.5 Å². The van der Waals surface area contributed by atoms with Crippen LogP contribution in [0.1, 0.15) is 43.1 Å². The monoisotopic (exact) mass is 331 g/mol. The average molecular weight is 331 g/mol. The SMILES string of the molecule is Cc1nc(C2CCCN(CC(=O)N(C)C)C2)cc(N2CCCC2)n1. The average Bonchev–Trinajstić information content (AvgIpc) is 3.09. The summed E-state index contributed by atoms with van der Waals surface area (Å²) < 4.78 is 0. The zero-order valence-electron chi connectivity index (χ0n) is 15.2. The van der Waals surface area contributed by atoms with Crippen molar-refractivity contribution in [2.24, 2.45) is 0 Å². The van der Waals surface area contributed by atoms with Crippen LogP contribution in [-0.2, 0) is 4.79 Å². The van der Waals surface area contributed by atoms with Gasteiger partial charge in [0.25, 0.3) is 0 Å².